The molecule has 192 valence electrons. The van der Waals surface area contributed by atoms with Crippen LogP contribution in [0.2, 0.25) is 0 Å². The number of nitrogens with zero attached hydrogens (tertiary/aromatic N) is 4. The maximum atomic E-state index is 13.3. The summed E-state index contributed by atoms with van der Waals surface area (Å²) in [5.41, 5.74) is 1.49. The topological polar surface area (TPSA) is 86.6 Å². The predicted molar refractivity (Wildman–Crippen MR) is 137 cm³/mol. The fraction of sp³-hybridized carbons (Fsp3) is 0.556. The van der Waals surface area contributed by atoms with Gasteiger partial charge in [0.1, 0.15) is 12.1 Å². The SMILES string of the molecule is Cc1ccc(S(=O)(=O)n2ccc3c(N(C)[C@H]4C[C@@H]5CC6(C[C@@H]5C4)OCC(C)(C)CO6)ncnc32)cc1. The third-order valence-corrected chi connectivity index (χ3v) is 9.98. The van der Waals surface area contributed by atoms with Crippen LogP contribution in [-0.4, -0.2) is 54.4 Å². The van der Waals surface area contributed by atoms with Crippen LogP contribution in [0.5, 0.6) is 0 Å². The van der Waals surface area contributed by atoms with Gasteiger partial charge in [0.15, 0.2) is 11.4 Å². The first-order chi connectivity index (χ1) is 17.1. The van der Waals surface area contributed by atoms with Crippen molar-refractivity contribution in [2.24, 2.45) is 17.3 Å². The normalized spacial score (nSPS) is 26.9. The number of benzene rings is 1. The Kier molecular flexibility index (Phi) is 5.48. The molecule has 9 heteroatoms. The zero-order valence-corrected chi connectivity index (χ0v) is 22.2. The highest BCUT2D eigenvalue weighted by Gasteiger charge is 2.54. The summed E-state index contributed by atoms with van der Waals surface area (Å²) in [6.45, 7) is 7.79. The molecule has 3 atom stereocenters. The Morgan fingerprint density at radius 3 is 2.28 bits per heavy atom. The number of rotatable bonds is 4. The maximum Gasteiger partial charge on any atom is 0.269 e. The first kappa shape index (κ1) is 23.9. The summed E-state index contributed by atoms with van der Waals surface area (Å²) in [4.78, 5) is 11.4. The smallest absolute Gasteiger partial charge is 0.269 e. The van der Waals surface area contributed by atoms with E-state index in [-0.39, 0.29) is 10.3 Å². The van der Waals surface area contributed by atoms with E-state index in [1.54, 1.807) is 30.5 Å². The second-order valence-electron chi connectivity index (χ2n) is 11.7. The minimum atomic E-state index is -3.76. The van der Waals surface area contributed by atoms with Crippen LogP contribution in [0.25, 0.3) is 11.0 Å². The molecular formula is C27H34N4O4S. The average Bonchev–Trinajstić information content (AvgIpc) is 3.53. The lowest BCUT2D eigenvalue weighted by Gasteiger charge is -2.42. The molecule has 8 nitrogen and oxygen atoms in total. The maximum absolute atomic E-state index is 13.3. The molecule has 6 rings (SSSR count). The van der Waals surface area contributed by atoms with Crippen molar-refractivity contribution in [1.82, 2.24) is 13.9 Å². The van der Waals surface area contributed by atoms with Gasteiger partial charge in [-0.1, -0.05) is 31.5 Å². The van der Waals surface area contributed by atoms with Crippen molar-refractivity contribution < 1.29 is 17.9 Å². The van der Waals surface area contributed by atoms with Crippen molar-refractivity contribution in [3.05, 3.63) is 48.4 Å². The molecule has 36 heavy (non-hydrogen) atoms. The number of hydrogen-bond donors (Lipinski definition) is 0. The lowest BCUT2D eigenvalue weighted by atomic mass is 9.94. The van der Waals surface area contributed by atoms with Gasteiger partial charge >= 0.3 is 0 Å². The van der Waals surface area contributed by atoms with E-state index < -0.39 is 15.8 Å². The van der Waals surface area contributed by atoms with Gasteiger partial charge in [0, 0.05) is 37.5 Å². The number of anilines is 1. The van der Waals surface area contributed by atoms with Gasteiger partial charge in [-0.2, -0.15) is 0 Å². The lowest BCUT2D eigenvalue weighted by molar-refractivity contribution is -0.297. The molecular weight excluding hydrogens is 476 g/mol. The molecule has 3 aromatic rings. The Balaban J connectivity index is 1.22. The molecule has 1 spiro atoms. The molecule has 2 saturated carbocycles. The summed E-state index contributed by atoms with van der Waals surface area (Å²) in [5.74, 6) is 1.48. The van der Waals surface area contributed by atoms with Crippen molar-refractivity contribution >= 4 is 26.9 Å². The van der Waals surface area contributed by atoms with Crippen LogP contribution in [0.4, 0.5) is 5.82 Å². The molecule has 0 amide bonds. The van der Waals surface area contributed by atoms with E-state index in [2.05, 4.69) is 35.8 Å². The minimum Gasteiger partial charge on any atom is -0.356 e. The van der Waals surface area contributed by atoms with Gasteiger partial charge in [-0.25, -0.2) is 22.4 Å². The molecule has 2 aromatic heterocycles. The van der Waals surface area contributed by atoms with Gasteiger partial charge in [-0.15, -0.1) is 0 Å². The summed E-state index contributed by atoms with van der Waals surface area (Å²) in [6, 6.07) is 9.01. The van der Waals surface area contributed by atoms with Gasteiger partial charge < -0.3 is 14.4 Å². The van der Waals surface area contributed by atoms with E-state index in [9.17, 15) is 8.42 Å². The summed E-state index contributed by atoms with van der Waals surface area (Å²) < 4.78 is 40.5. The highest BCUT2D eigenvalue weighted by atomic mass is 32.2. The van der Waals surface area contributed by atoms with Crippen LogP contribution in [0.1, 0.15) is 45.1 Å². The van der Waals surface area contributed by atoms with Crippen molar-refractivity contribution in [2.45, 2.75) is 63.2 Å². The van der Waals surface area contributed by atoms with Crippen LogP contribution < -0.4 is 4.90 Å². The molecule has 0 unspecified atom stereocenters. The molecule has 3 heterocycles. The molecule has 0 radical (unpaired) electrons. The van der Waals surface area contributed by atoms with E-state index in [4.69, 9.17) is 9.47 Å². The number of hydrogen-bond acceptors (Lipinski definition) is 7. The zero-order chi connectivity index (χ0) is 25.3. The highest BCUT2D eigenvalue weighted by Crippen LogP contribution is 2.53. The van der Waals surface area contributed by atoms with Crippen LogP contribution in [0, 0.1) is 24.2 Å². The molecule has 2 aliphatic carbocycles. The van der Waals surface area contributed by atoms with Gasteiger partial charge in [-0.3, -0.25) is 0 Å². The highest BCUT2D eigenvalue weighted by molar-refractivity contribution is 7.90. The number of aromatic nitrogens is 3. The Morgan fingerprint density at radius 1 is 1.00 bits per heavy atom. The third-order valence-electron chi connectivity index (χ3n) is 8.30. The van der Waals surface area contributed by atoms with E-state index in [1.165, 1.54) is 10.3 Å². The quantitative estimate of drug-likeness (QED) is 0.515. The van der Waals surface area contributed by atoms with Crippen molar-refractivity contribution in [3.63, 3.8) is 0 Å². The van der Waals surface area contributed by atoms with Crippen LogP contribution in [0.15, 0.2) is 47.8 Å². The molecule has 3 fully saturated rings. The molecule has 1 aliphatic heterocycles. The standard InChI is InChI=1S/C27H34N4O4S/c1-18-5-7-22(8-6-18)36(32,33)31-10-9-23-24(28-17-29-25(23)31)30(4)21-11-19-13-27(14-20(19)12-21)34-15-26(2,3)16-35-27/h5-10,17,19-21H,11-16H2,1-4H3/t19-,20+,21+. The van der Waals surface area contributed by atoms with E-state index in [0.717, 1.165) is 55.7 Å². The van der Waals surface area contributed by atoms with Gasteiger partial charge in [0.2, 0.25) is 0 Å². The van der Waals surface area contributed by atoms with Gasteiger partial charge in [0.05, 0.1) is 23.5 Å². The van der Waals surface area contributed by atoms with Crippen LogP contribution in [0.3, 0.4) is 0 Å². The Bertz CT molecular complexity index is 1370. The molecule has 1 saturated heterocycles. The molecule has 1 aromatic carbocycles. The first-order valence-electron chi connectivity index (χ1n) is 12.7. The summed E-state index contributed by atoms with van der Waals surface area (Å²) in [7, 11) is -1.70. The predicted octanol–water partition coefficient (Wildman–Crippen LogP) is 4.37. The second kappa shape index (κ2) is 8.26. The van der Waals surface area contributed by atoms with E-state index >= 15 is 0 Å². The van der Waals surface area contributed by atoms with Crippen LogP contribution in [-0.2, 0) is 19.5 Å². The Morgan fingerprint density at radius 2 is 1.64 bits per heavy atom. The molecule has 3 aliphatic rings. The Hall–Kier alpha value is -2.49. The monoisotopic (exact) mass is 510 g/mol. The van der Waals surface area contributed by atoms with Crippen LogP contribution >= 0.6 is 0 Å². The summed E-state index contributed by atoms with van der Waals surface area (Å²) in [5, 5.41) is 0.741. The van der Waals surface area contributed by atoms with Gasteiger partial charge in [0.25, 0.3) is 10.0 Å². The van der Waals surface area contributed by atoms with E-state index in [0.29, 0.717) is 23.5 Å². The number of aryl methyl sites for hydroxylation is 1. The molecule has 0 bridgehead atoms. The lowest BCUT2D eigenvalue weighted by Crippen LogP contribution is -2.46. The van der Waals surface area contributed by atoms with Crippen molar-refractivity contribution in [3.8, 4) is 0 Å². The summed E-state index contributed by atoms with van der Waals surface area (Å²) in [6.07, 6.45) is 7.04. The van der Waals surface area contributed by atoms with Gasteiger partial charge in [-0.05, 0) is 49.8 Å². The number of fused-ring (bicyclic) bond motifs is 2. The van der Waals surface area contributed by atoms with Crippen molar-refractivity contribution in [1.29, 1.82) is 0 Å². The van der Waals surface area contributed by atoms with E-state index in [1.807, 2.05) is 13.0 Å². The first-order valence-corrected chi connectivity index (χ1v) is 14.2. The largest absolute Gasteiger partial charge is 0.356 e. The fourth-order valence-corrected chi connectivity index (χ4v) is 7.54. The summed E-state index contributed by atoms with van der Waals surface area (Å²) >= 11 is 0. The third kappa shape index (κ3) is 3.92. The van der Waals surface area contributed by atoms with Crippen molar-refractivity contribution in [2.75, 3.05) is 25.2 Å². The minimum absolute atomic E-state index is 0.0768. The zero-order valence-electron chi connectivity index (χ0n) is 21.3. The Labute approximate surface area is 212 Å². The fourth-order valence-electron chi connectivity index (χ4n) is 6.24. The molecule has 0 N–H and O–H groups in total. The average molecular weight is 511 g/mol. The number of ether oxygens (including phenoxy) is 2. The second-order valence-corrected chi connectivity index (χ2v) is 13.5.